The molecule has 1 aromatic carbocycles. The van der Waals surface area contributed by atoms with Gasteiger partial charge < -0.3 is 15.0 Å². The van der Waals surface area contributed by atoms with Crippen molar-refractivity contribution in [1.82, 2.24) is 4.57 Å². The Morgan fingerprint density at radius 2 is 2.12 bits per heavy atom. The van der Waals surface area contributed by atoms with Gasteiger partial charge in [0.2, 0.25) is 0 Å². The zero-order chi connectivity index (χ0) is 11.7. The van der Waals surface area contributed by atoms with Crippen LogP contribution in [0.1, 0.15) is 25.6 Å². The van der Waals surface area contributed by atoms with Gasteiger partial charge in [-0.15, -0.1) is 0 Å². The molecule has 0 aliphatic heterocycles. The lowest BCUT2D eigenvalue weighted by Gasteiger charge is -2.15. The Labute approximate surface area is 95.8 Å². The summed E-state index contributed by atoms with van der Waals surface area (Å²) in [4.78, 5) is 0. The highest BCUT2D eigenvalue weighted by molar-refractivity contribution is 5.91. The van der Waals surface area contributed by atoms with E-state index in [1.165, 1.54) is 11.1 Å². The largest absolute Gasteiger partial charge is 0.397 e. The third-order valence-corrected chi connectivity index (χ3v) is 2.78. The van der Waals surface area contributed by atoms with Crippen molar-refractivity contribution < 1.29 is 4.74 Å². The number of hydrogen-bond acceptors (Lipinski definition) is 2. The monoisotopic (exact) mass is 218 g/mol. The Kier molecular flexibility index (Phi) is 2.88. The minimum Gasteiger partial charge on any atom is -0.397 e. The fourth-order valence-corrected chi connectivity index (χ4v) is 2.22. The summed E-state index contributed by atoms with van der Waals surface area (Å²) in [6.45, 7) is 4.93. The third-order valence-electron chi connectivity index (χ3n) is 2.78. The van der Waals surface area contributed by atoms with Crippen LogP contribution >= 0.6 is 0 Å². The second-order valence-corrected chi connectivity index (χ2v) is 4.32. The maximum atomic E-state index is 6.04. The van der Waals surface area contributed by atoms with E-state index < -0.39 is 0 Å². The van der Waals surface area contributed by atoms with E-state index in [1.807, 2.05) is 12.1 Å². The predicted octanol–water partition coefficient (Wildman–Crippen LogP) is 2.95. The first-order valence-corrected chi connectivity index (χ1v) is 5.52. The molecule has 0 atom stereocenters. The number of nitrogens with two attached hydrogens (primary N) is 1. The van der Waals surface area contributed by atoms with E-state index in [-0.39, 0.29) is 0 Å². The summed E-state index contributed by atoms with van der Waals surface area (Å²) < 4.78 is 7.47. The van der Waals surface area contributed by atoms with Gasteiger partial charge in [0.05, 0.1) is 17.8 Å². The first-order chi connectivity index (χ1) is 7.65. The van der Waals surface area contributed by atoms with Gasteiger partial charge in [0.25, 0.3) is 0 Å². The molecule has 1 aromatic heterocycles. The summed E-state index contributed by atoms with van der Waals surface area (Å²) >= 11 is 0. The van der Waals surface area contributed by atoms with Gasteiger partial charge in [-0.05, 0) is 26.0 Å². The number of aromatic nitrogens is 1. The summed E-state index contributed by atoms with van der Waals surface area (Å²) in [7, 11) is 1.71. The Hall–Kier alpha value is -1.48. The first kappa shape index (κ1) is 11.0. The van der Waals surface area contributed by atoms with Gasteiger partial charge in [-0.1, -0.05) is 12.1 Å². The molecule has 2 rings (SSSR count). The second-order valence-electron chi connectivity index (χ2n) is 4.32. The molecule has 0 aliphatic rings. The van der Waals surface area contributed by atoms with E-state index in [2.05, 4.69) is 30.5 Å². The molecule has 2 N–H and O–H groups in total. The molecule has 3 nitrogen and oxygen atoms in total. The van der Waals surface area contributed by atoms with Gasteiger partial charge in [0.15, 0.2) is 0 Å². The van der Waals surface area contributed by atoms with Crippen LogP contribution in [-0.2, 0) is 11.3 Å². The number of nitrogens with zero attached hydrogens (tertiary/aromatic N) is 1. The number of hydrogen-bond donors (Lipinski definition) is 1. The molecule has 0 bridgehead atoms. The van der Waals surface area contributed by atoms with Crippen molar-refractivity contribution in [3.05, 3.63) is 30.0 Å². The molecule has 1 heterocycles. The maximum Gasteiger partial charge on any atom is 0.0864 e. The van der Waals surface area contributed by atoms with E-state index >= 15 is 0 Å². The van der Waals surface area contributed by atoms with Gasteiger partial charge in [-0.3, -0.25) is 0 Å². The van der Waals surface area contributed by atoms with E-state index in [4.69, 9.17) is 10.5 Å². The van der Waals surface area contributed by atoms with Gasteiger partial charge in [0, 0.05) is 24.2 Å². The smallest absolute Gasteiger partial charge is 0.0864 e. The molecule has 3 heteroatoms. The van der Waals surface area contributed by atoms with Crippen LogP contribution in [0.25, 0.3) is 10.9 Å². The summed E-state index contributed by atoms with van der Waals surface area (Å²) in [5, 5.41) is 1.18. The Morgan fingerprint density at radius 3 is 2.75 bits per heavy atom. The Morgan fingerprint density at radius 1 is 1.38 bits per heavy atom. The highest BCUT2D eigenvalue weighted by Crippen LogP contribution is 2.28. The summed E-state index contributed by atoms with van der Waals surface area (Å²) in [5.74, 6) is 0. The molecule has 0 aliphatic carbocycles. The van der Waals surface area contributed by atoms with Crippen molar-refractivity contribution in [1.29, 1.82) is 0 Å². The van der Waals surface area contributed by atoms with Gasteiger partial charge in [-0.2, -0.15) is 0 Å². The molecule has 0 radical (unpaired) electrons. The molecule has 0 amide bonds. The quantitative estimate of drug-likeness (QED) is 0.804. The minimum atomic E-state index is 0.382. The van der Waals surface area contributed by atoms with Crippen molar-refractivity contribution in [2.75, 3.05) is 12.8 Å². The van der Waals surface area contributed by atoms with Crippen molar-refractivity contribution >= 4 is 16.6 Å². The van der Waals surface area contributed by atoms with E-state index in [0.717, 1.165) is 11.2 Å². The molecule has 0 spiro atoms. The molecular weight excluding hydrogens is 200 g/mol. The molecule has 0 fully saturated rings. The van der Waals surface area contributed by atoms with Crippen LogP contribution in [0.3, 0.4) is 0 Å². The zero-order valence-corrected chi connectivity index (χ0v) is 10.0. The van der Waals surface area contributed by atoms with E-state index in [1.54, 1.807) is 7.11 Å². The Bertz CT molecular complexity index is 500. The molecular formula is C13H18N2O. The van der Waals surface area contributed by atoms with Crippen LogP contribution in [0.2, 0.25) is 0 Å². The average Bonchev–Trinajstić information content (AvgIpc) is 2.58. The zero-order valence-electron chi connectivity index (χ0n) is 10.0. The maximum absolute atomic E-state index is 6.04. The van der Waals surface area contributed by atoms with Crippen molar-refractivity contribution in [3.63, 3.8) is 0 Å². The fraction of sp³-hybridized carbons (Fsp3) is 0.385. The Balaban J connectivity index is 2.72. The standard InChI is InChI=1S/C13H18N2O/c1-9(2)15-11(8-16-3)7-10-5-4-6-12(14)13(10)15/h4-7,9H,8,14H2,1-3H3. The number of para-hydroxylation sites is 1. The fourth-order valence-electron chi connectivity index (χ4n) is 2.22. The van der Waals surface area contributed by atoms with Crippen molar-refractivity contribution in [2.24, 2.45) is 0 Å². The predicted molar refractivity (Wildman–Crippen MR) is 67.4 cm³/mol. The number of fused-ring (bicyclic) bond motifs is 1. The van der Waals surface area contributed by atoms with Crippen molar-refractivity contribution in [2.45, 2.75) is 26.5 Å². The SMILES string of the molecule is COCc1cc2cccc(N)c2n1C(C)C. The van der Waals surface area contributed by atoms with Gasteiger partial charge in [-0.25, -0.2) is 0 Å². The van der Waals surface area contributed by atoms with Crippen LogP contribution in [0, 0.1) is 0 Å². The number of methoxy groups -OCH3 is 1. The summed E-state index contributed by atoms with van der Waals surface area (Å²) in [6, 6.07) is 8.54. The first-order valence-electron chi connectivity index (χ1n) is 5.52. The van der Waals surface area contributed by atoms with Crippen LogP contribution in [-0.4, -0.2) is 11.7 Å². The molecule has 0 saturated carbocycles. The third kappa shape index (κ3) is 1.67. The van der Waals surface area contributed by atoms with Crippen LogP contribution in [0.15, 0.2) is 24.3 Å². The van der Waals surface area contributed by atoms with Gasteiger partial charge in [0.1, 0.15) is 0 Å². The number of ether oxygens (including phenoxy) is 1. The number of benzene rings is 1. The summed E-state index contributed by atoms with van der Waals surface area (Å²) in [5.41, 5.74) is 9.16. The van der Waals surface area contributed by atoms with E-state index in [0.29, 0.717) is 12.6 Å². The van der Waals surface area contributed by atoms with Crippen LogP contribution < -0.4 is 5.73 Å². The molecule has 86 valence electrons. The molecule has 2 aromatic rings. The lowest BCUT2D eigenvalue weighted by molar-refractivity contribution is 0.177. The van der Waals surface area contributed by atoms with Crippen LogP contribution in [0.4, 0.5) is 5.69 Å². The molecule has 0 unspecified atom stereocenters. The van der Waals surface area contributed by atoms with E-state index in [9.17, 15) is 0 Å². The van der Waals surface area contributed by atoms with Crippen LogP contribution in [0.5, 0.6) is 0 Å². The lowest BCUT2D eigenvalue weighted by Crippen LogP contribution is -2.07. The van der Waals surface area contributed by atoms with Gasteiger partial charge >= 0.3 is 0 Å². The highest BCUT2D eigenvalue weighted by Gasteiger charge is 2.12. The number of rotatable bonds is 3. The van der Waals surface area contributed by atoms with Crippen molar-refractivity contribution in [3.8, 4) is 0 Å². The average molecular weight is 218 g/mol. The highest BCUT2D eigenvalue weighted by atomic mass is 16.5. The number of nitrogen functional groups attached to an aromatic ring is 1. The second kappa shape index (κ2) is 4.18. The molecule has 16 heavy (non-hydrogen) atoms. The normalized spacial score (nSPS) is 11.5. The minimum absolute atomic E-state index is 0.382. The molecule has 0 saturated heterocycles. The lowest BCUT2D eigenvalue weighted by atomic mass is 10.2. The topological polar surface area (TPSA) is 40.2 Å². The number of anilines is 1. The summed E-state index contributed by atoms with van der Waals surface area (Å²) in [6.07, 6.45) is 0.